The van der Waals surface area contributed by atoms with Crippen molar-refractivity contribution in [3.8, 4) is 0 Å². The van der Waals surface area contributed by atoms with Gasteiger partial charge in [0.25, 0.3) is 0 Å². The minimum absolute atomic E-state index is 0. The van der Waals surface area contributed by atoms with E-state index in [1.54, 1.807) is 0 Å². The van der Waals surface area contributed by atoms with E-state index in [0.717, 1.165) is 27.8 Å². The number of hydrogen-bond acceptors (Lipinski definition) is 3. The van der Waals surface area contributed by atoms with Gasteiger partial charge in [0.15, 0.2) is 6.54 Å². The molecule has 0 aliphatic heterocycles. The van der Waals surface area contributed by atoms with E-state index in [4.69, 9.17) is 21.9 Å². The summed E-state index contributed by atoms with van der Waals surface area (Å²) in [6.45, 7) is 10.2. The molecule has 0 aromatic heterocycles. The molecule has 0 rings (SSSR count). The van der Waals surface area contributed by atoms with E-state index in [2.05, 4.69) is 11.8 Å². The third-order valence-electron chi connectivity index (χ3n) is 0.270. The summed E-state index contributed by atoms with van der Waals surface area (Å²) >= 11 is 0. The molecule has 0 atom stereocenters. The summed E-state index contributed by atoms with van der Waals surface area (Å²) in [4.78, 5) is 3.04. The summed E-state index contributed by atoms with van der Waals surface area (Å²) in [5, 5.41) is 21.0. The fraction of sp³-hybridized carbons (Fsp3) is 0.714. The molecule has 0 spiro atoms. The summed E-state index contributed by atoms with van der Waals surface area (Å²) in [6.07, 6.45) is 0.740. The summed E-state index contributed by atoms with van der Waals surface area (Å²) < 4.78 is 0. The average Bonchev–Trinajstić information content (AvgIpc) is 2.16. The van der Waals surface area contributed by atoms with Crippen LogP contribution in [0.15, 0.2) is 0 Å². The predicted octanol–water partition coefficient (Wildman–Crippen LogP) is -0.0471. The van der Waals surface area contributed by atoms with Crippen LogP contribution in [-0.2, 0) is 26.2 Å². The van der Waals surface area contributed by atoms with Crippen LogP contribution in [0.25, 0.3) is 4.85 Å². The Kier molecular flexibility index (Phi) is 275. The first kappa shape index (κ1) is 29.5. The van der Waals surface area contributed by atoms with Gasteiger partial charge in [-0.15, -0.1) is 6.42 Å². The van der Waals surface area contributed by atoms with Crippen LogP contribution < -0.4 is 0 Å². The van der Waals surface area contributed by atoms with Crippen LogP contribution in [0.5, 0.6) is 0 Å². The SMILES string of the molecule is CO.CO.CO.[C-]#[N+]CC[CH2-].[Zr]. The second kappa shape index (κ2) is 112. The van der Waals surface area contributed by atoms with Gasteiger partial charge in [0.05, 0.1) is 0 Å². The maximum absolute atomic E-state index is 7.00. The van der Waals surface area contributed by atoms with E-state index in [9.17, 15) is 0 Å². The molecule has 0 unspecified atom stereocenters. The van der Waals surface area contributed by atoms with Crippen LogP contribution in [-0.4, -0.2) is 43.2 Å². The maximum atomic E-state index is 7.00. The van der Waals surface area contributed by atoms with Gasteiger partial charge in [0.1, 0.15) is 0 Å². The van der Waals surface area contributed by atoms with Gasteiger partial charge in [-0.05, 0) is 0 Å². The van der Waals surface area contributed by atoms with Crippen LogP contribution in [0.4, 0.5) is 0 Å². The molecule has 0 aliphatic carbocycles. The fourth-order valence-corrected chi connectivity index (χ4v) is 0.0791. The standard InChI is InChI=1S/C4H6N.3CH4O.Zr/c1-3-4-5-2;3*1-2;/h1,3-4H2;3*2H,1H3;/q-1;;;;. The zero-order chi connectivity index (χ0) is 10.1. The molecular formula is C7H18NO3Zr-. The number of aliphatic hydroxyl groups excluding tert-OH is 3. The first-order valence-electron chi connectivity index (χ1n) is 2.88. The van der Waals surface area contributed by atoms with Gasteiger partial charge in [-0.1, -0.05) is 0 Å². The van der Waals surface area contributed by atoms with Crippen molar-refractivity contribution < 1.29 is 41.5 Å². The Morgan fingerprint density at radius 1 is 1.08 bits per heavy atom. The van der Waals surface area contributed by atoms with Crippen LogP contribution in [0.2, 0.25) is 0 Å². The second-order valence-corrected chi connectivity index (χ2v) is 0.735. The van der Waals surface area contributed by atoms with Crippen molar-refractivity contribution in [2.24, 2.45) is 0 Å². The fourth-order valence-electron chi connectivity index (χ4n) is 0.0791. The molecule has 3 N–H and O–H groups in total. The minimum atomic E-state index is 0. The van der Waals surface area contributed by atoms with Gasteiger partial charge in [-0.2, -0.15) is 0 Å². The normalized spacial score (nSPS) is 4.17. The molecule has 0 bridgehead atoms. The number of rotatable bonds is 1. The van der Waals surface area contributed by atoms with Crippen molar-refractivity contribution in [3.63, 3.8) is 0 Å². The molecule has 12 heavy (non-hydrogen) atoms. The number of hydrogen-bond donors (Lipinski definition) is 3. The quantitative estimate of drug-likeness (QED) is 0.576. The summed E-state index contributed by atoms with van der Waals surface area (Å²) in [5.74, 6) is 0. The Bertz CT molecular complexity index is 57.1. The molecule has 0 heterocycles. The molecule has 0 aromatic carbocycles. The van der Waals surface area contributed by atoms with E-state index < -0.39 is 0 Å². The molecule has 0 radical (unpaired) electrons. The minimum Gasteiger partial charge on any atom is -0.400 e. The number of aliphatic hydroxyl groups is 3. The Hall–Kier alpha value is 0.253. The molecule has 0 aliphatic rings. The Balaban J connectivity index is -0.0000000203. The van der Waals surface area contributed by atoms with Gasteiger partial charge in [-0.25, -0.2) is 6.57 Å². The van der Waals surface area contributed by atoms with Gasteiger partial charge in [-0.3, -0.25) is 0 Å². The molecule has 5 heteroatoms. The van der Waals surface area contributed by atoms with E-state index in [-0.39, 0.29) is 26.2 Å². The molecule has 4 nitrogen and oxygen atoms in total. The van der Waals surface area contributed by atoms with E-state index in [0.29, 0.717) is 6.54 Å². The van der Waals surface area contributed by atoms with Crippen LogP contribution in [0.3, 0.4) is 0 Å². The van der Waals surface area contributed by atoms with Crippen molar-refractivity contribution in [1.82, 2.24) is 0 Å². The van der Waals surface area contributed by atoms with Gasteiger partial charge in [0.2, 0.25) is 0 Å². The largest absolute Gasteiger partial charge is 0.400 e. The van der Waals surface area contributed by atoms with Gasteiger partial charge < -0.3 is 27.1 Å². The summed E-state index contributed by atoms with van der Waals surface area (Å²) in [6, 6.07) is 0. The number of nitrogens with zero attached hydrogens (tertiary/aromatic N) is 1. The average molecular weight is 255 g/mol. The molecule has 0 fully saturated rings. The van der Waals surface area contributed by atoms with E-state index in [1.807, 2.05) is 0 Å². The predicted molar refractivity (Wildman–Crippen MR) is 45.9 cm³/mol. The molecule has 0 amide bonds. The van der Waals surface area contributed by atoms with Gasteiger partial charge >= 0.3 is 0 Å². The van der Waals surface area contributed by atoms with Gasteiger partial charge in [0, 0.05) is 47.5 Å². The summed E-state index contributed by atoms with van der Waals surface area (Å²) in [7, 11) is 3.00. The van der Waals surface area contributed by atoms with Crippen molar-refractivity contribution >= 4 is 0 Å². The molecule has 0 saturated heterocycles. The van der Waals surface area contributed by atoms with E-state index >= 15 is 0 Å². The Morgan fingerprint density at radius 3 is 1.33 bits per heavy atom. The van der Waals surface area contributed by atoms with Crippen LogP contribution in [0, 0.1) is 13.5 Å². The maximum Gasteiger partial charge on any atom is 0.188 e. The first-order valence-corrected chi connectivity index (χ1v) is 2.88. The van der Waals surface area contributed by atoms with Crippen molar-refractivity contribution in [1.29, 1.82) is 0 Å². The third-order valence-corrected chi connectivity index (χ3v) is 0.270. The molecule has 0 saturated carbocycles. The zero-order valence-corrected chi connectivity index (χ0v) is 10.4. The van der Waals surface area contributed by atoms with Crippen LogP contribution >= 0.6 is 0 Å². The third kappa shape index (κ3) is 173. The first-order chi connectivity index (χ1) is 5.41. The second-order valence-electron chi connectivity index (χ2n) is 0.735. The van der Waals surface area contributed by atoms with Crippen molar-refractivity contribution in [3.05, 3.63) is 18.3 Å². The monoisotopic (exact) mass is 254 g/mol. The summed E-state index contributed by atoms with van der Waals surface area (Å²) in [5.41, 5.74) is 0. The van der Waals surface area contributed by atoms with Crippen molar-refractivity contribution in [2.75, 3.05) is 27.9 Å². The zero-order valence-electron chi connectivity index (χ0n) is 7.91. The molecule has 0 aromatic rings. The molecular weight excluding hydrogens is 237 g/mol. The van der Waals surface area contributed by atoms with Crippen molar-refractivity contribution in [2.45, 2.75) is 6.42 Å². The molecule has 74 valence electrons. The Morgan fingerprint density at radius 2 is 1.33 bits per heavy atom. The van der Waals surface area contributed by atoms with E-state index in [1.165, 1.54) is 0 Å². The Labute approximate surface area is 94.2 Å². The topological polar surface area (TPSA) is 65.0 Å². The smallest absolute Gasteiger partial charge is 0.188 e. The van der Waals surface area contributed by atoms with Crippen LogP contribution in [0.1, 0.15) is 6.42 Å².